The van der Waals surface area contributed by atoms with Crippen molar-refractivity contribution in [3.63, 3.8) is 0 Å². The van der Waals surface area contributed by atoms with Crippen molar-refractivity contribution >= 4 is 45.8 Å². The molecule has 0 spiro atoms. The van der Waals surface area contributed by atoms with Gasteiger partial charge in [-0.1, -0.05) is 127 Å². The minimum atomic E-state index is 0.450. The molecule has 0 bridgehead atoms. The first kappa shape index (κ1) is 31.0. The molecule has 0 saturated heterocycles. The molecule has 2 nitrogen and oxygen atoms in total. The van der Waals surface area contributed by atoms with Gasteiger partial charge in [0.05, 0.1) is 5.52 Å². The van der Waals surface area contributed by atoms with Gasteiger partial charge in [-0.3, -0.25) is 0 Å². The van der Waals surface area contributed by atoms with Crippen molar-refractivity contribution in [2.45, 2.75) is 35.8 Å². The van der Waals surface area contributed by atoms with Crippen LogP contribution in [-0.4, -0.2) is 9.82 Å². The molecule has 2 atom stereocenters. The Morgan fingerprint density at radius 3 is 1.88 bits per heavy atom. The summed E-state index contributed by atoms with van der Waals surface area (Å²) < 4.78 is 2.53. The Morgan fingerprint density at radius 1 is 0.615 bits per heavy atom. The summed E-state index contributed by atoms with van der Waals surface area (Å²) in [7, 11) is 0. The molecule has 0 fully saturated rings. The van der Waals surface area contributed by atoms with Crippen LogP contribution in [0.15, 0.2) is 175 Å². The number of allylic oxidation sites excluding steroid dienone is 4. The molecule has 6 aromatic carbocycles. The zero-order valence-electron chi connectivity index (χ0n) is 29.1. The van der Waals surface area contributed by atoms with Crippen LogP contribution < -0.4 is 4.90 Å². The number of fused-ring (bicyclic) bond motifs is 7. The summed E-state index contributed by atoms with van der Waals surface area (Å²) in [4.78, 5) is 3.78. The lowest BCUT2D eigenvalue weighted by atomic mass is 9.91. The Hall–Kier alpha value is -5.77. The summed E-state index contributed by atoms with van der Waals surface area (Å²) in [5.41, 5.74) is 16.4. The van der Waals surface area contributed by atoms with Crippen LogP contribution in [0.5, 0.6) is 0 Å². The molecule has 3 aliphatic rings. The molecule has 0 radical (unpaired) electrons. The standard InChI is InChI=1S/C49H38N2S/c1-33-15-23-38(24-16-33)50(39-25-17-35(18-26-39)34-9-3-2-4-10-34)40-27-19-36(20-28-40)37-21-29-41(30-22-37)51-46-13-7-5-11-42(46)44-31-32-45-43-12-6-8-14-47(43)52-49(45)48(44)51/h2-4,6-10,12-32,43,47H,5,11H2,1H3. The van der Waals surface area contributed by atoms with Crippen LogP contribution in [0.3, 0.4) is 0 Å². The maximum absolute atomic E-state index is 2.53. The van der Waals surface area contributed by atoms with Gasteiger partial charge in [-0.25, -0.2) is 0 Å². The molecular weight excluding hydrogens is 649 g/mol. The molecule has 2 heterocycles. The van der Waals surface area contributed by atoms with E-state index in [0.717, 1.165) is 29.9 Å². The zero-order chi connectivity index (χ0) is 34.6. The molecular formula is C49H38N2S. The van der Waals surface area contributed by atoms with Gasteiger partial charge in [0.1, 0.15) is 0 Å². The molecule has 1 aliphatic heterocycles. The maximum atomic E-state index is 2.53. The molecule has 52 heavy (non-hydrogen) atoms. The number of benzene rings is 6. The van der Waals surface area contributed by atoms with E-state index in [9.17, 15) is 0 Å². The molecule has 7 aromatic rings. The van der Waals surface area contributed by atoms with Crippen molar-refractivity contribution in [1.29, 1.82) is 0 Å². The number of nitrogens with zero attached hydrogens (tertiary/aromatic N) is 2. The van der Waals surface area contributed by atoms with Crippen LogP contribution in [0.2, 0.25) is 0 Å². The third kappa shape index (κ3) is 5.27. The van der Waals surface area contributed by atoms with Crippen LogP contribution in [0.25, 0.3) is 44.9 Å². The van der Waals surface area contributed by atoms with Gasteiger partial charge < -0.3 is 9.47 Å². The van der Waals surface area contributed by atoms with E-state index in [-0.39, 0.29) is 0 Å². The first-order chi connectivity index (χ1) is 25.7. The Morgan fingerprint density at radius 2 is 1.21 bits per heavy atom. The number of hydrogen-bond donors (Lipinski definition) is 0. The van der Waals surface area contributed by atoms with E-state index in [2.05, 4.69) is 192 Å². The Bertz CT molecular complexity index is 2520. The van der Waals surface area contributed by atoms with Gasteiger partial charge in [0.2, 0.25) is 0 Å². The summed E-state index contributed by atoms with van der Waals surface area (Å²) >= 11 is 2.04. The molecule has 2 unspecified atom stereocenters. The average molecular weight is 687 g/mol. The number of thioether (sulfide) groups is 1. The number of aromatic nitrogens is 1. The van der Waals surface area contributed by atoms with Gasteiger partial charge >= 0.3 is 0 Å². The normalized spacial score (nSPS) is 16.9. The lowest BCUT2D eigenvalue weighted by molar-refractivity contribution is 0.881. The number of anilines is 3. The number of rotatable bonds is 6. The first-order valence-corrected chi connectivity index (χ1v) is 19.2. The van der Waals surface area contributed by atoms with Crippen molar-refractivity contribution in [2.24, 2.45) is 0 Å². The second-order valence-electron chi connectivity index (χ2n) is 14.1. The predicted molar refractivity (Wildman–Crippen MR) is 222 cm³/mol. The van der Waals surface area contributed by atoms with E-state index in [4.69, 9.17) is 0 Å². The van der Waals surface area contributed by atoms with Crippen LogP contribution in [0.4, 0.5) is 17.1 Å². The fourth-order valence-corrected chi connectivity index (χ4v) is 9.74. The highest BCUT2D eigenvalue weighted by molar-refractivity contribution is 8.00. The van der Waals surface area contributed by atoms with E-state index in [1.807, 2.05) is 11.8 Å². The van der Waals surface area contributed by atoms with E-state index in [1.54, 1.807) is 0 Å². The van der Waals surface area contributed by atoms with E-state index < -0.39 is 0 Å². The molecule has 0 amide bonds. The Balaban J connectivity index is 0.995. The fourth-order valence-electron chi connectivity index (χ4n) is 8.26. The van der Waals surface area contributed by atoms with Gasteiger partial charge in [-0.15, -0.1) is 11.8 Å². The summed E-state index contributed by atoms with van der Waals surface area (Å²) in [5, 5.41) is 1.88. The Labute approximate surface area is 310 Å². The SMILES string of the molecule is Cc1ccc(N(c2ccc(-c3ccccc3)cc2)c2ccc(-c3ccc(-n4c5c(c6ccc7c(c64)SC4C=CC=CC74)CCC=C5)cc3)cc2)cc1. The molecule has 0 N–H and O–H groups in total. The number of aryl methyl sites for hydroxylation is 2. The number of hydrogen-bond acceptors (Lipinski definition) is 2. The second-order valence-corrected chi connectivity index (χ2v) is 15.3. The van der Waals surface area contributed by atoms with E-state index in [0.29, 0.717) is 11.2 Å². The van der Waals surface area contributed by atoms with Crippen LogP contribution in [0.1, 0.15) is 34.7 Å². The fraction of sp³-hybridized carbons (Fsp3) is 0.102. The third-order valence-electron chi connectivity index (χ3n) is 10.9. The third-order valence-corrected chi connectivity index (χ3v) is 12.3. The minimum absolute atomic E-state index is 0.450. The summed E-state index contributed by atoms with van der Waals surface area (Å²) in [6.45, 7) is 2.14. The molecule has 2 aliphatic carbocycles. The van der Waals surface area contributed by atoms with Crippen LogP contribution in [0, 0.1) is 6.92 Å². The maximum Gasteiger partial charge on any atom is 0.0676 e. The molecule has 10 rings (SSSR count). The zero-order valence-corrected chi connectivity index (χ0v) is 29.9. The summed E-state index contributed by atoms with van der Waals surface area (Å²) in [6.07, 6.45) is 16.0. The van der Waals surface area contributed by atoms with Crippen LogP contribution >= 0.6 is 11.8 Å². The quantitative estimate of drug-likeness (QED) is 0.172. The highest BCUT2D eigenvalue weighted by Gasteiger charge is 2.34. The lowest BCUT2D eigenvalue weighted by Gasteiger charge is -2.26. The van der Waals surface area contributed by atoms with Gasteiger partial charge in [-0.05, 0) is 108 Å². The molecule has 3 heteroatoms. The monoisotopic (exact) mass is 686 g/mol. The van der Waals surface area contributed by atoms with Crippen molar-refractivity contribution in [1.82, 2.24) is 4.57 Å². The minimum Gasteiger partial charge on any atom is -0.311 e. The highest BCUT2D eigenvalue weighted by atomic mass is 32.2. The predicted octanol–water partition coefficient (Wildman–Crippen LogP) is 13.4. The average Bonchev–Trinajstić information content (AvgIpc) is 3.76. The van der Waals surface area contributed by atoms with Crippen molar-refractivity contribution in [2.75, 3.05) is 4.90 Å². The lowest BCUT2D eigenvalue weighted by Crippen LogP contribution is -2.09. The van der Waals surface area contributed by atoms with Crippen LogP contribution in [-0.2, 0) is 6.42 Å². The molecule has 250 valence electrons. The van der Waals surface area contributed by atoms with Gasteiger partial charge in [0.15, 0.2) is 0 Å². The van der Waals surface area contributed by atoms with Gasteiger partial charge in [-0.2, -0.15) is 0 Å². The summed E-state index contributed by atoms with van der Waals surface area (Å²) in [5.74, 6) is 0.450. The van der Waals surface area contributed by atoms with Gasteiger partial charge in [0.25, 0.3) is 0 Å². The van der Waals surface area contributed by atoms with E-state index in [1.165, 1.54) is 66.1 Å². The largest absolute Gasteiger partial charge is 0.311 e. The second kappa shape index (κ2) is 12.8. The highest BCUT2D eigenvalue weighted by Crippen LogP contribution is 2.52. The molecule has 0 saturated carbocycles. The van der Waals surface area contributed by atoms with E-state index >= 15 is 0 Å². The summed E-state index contributed by atoms with van der Waals surface area (Å²) in [6, 6.07) is 51.2. The topological polar surface area (TPSA) is 8.17 Å². The first-order valence-electron chi connectivity index (χ1n) is 18.3. The Kier molecular flexibility index (Phi) is 7.62. The van der Waals surface area contributed by atoms with Gasteiger partial charge in [0, 0.05) is 49.9 Å². The smallest absolute Gasteiger partial charge is 0.0676 e. The molecule has 1 aromatic heterocycles. The van der Waals surface area contributed by atoms with Crippen molar-refractivity contribution < 1.29 is 0 Å². The van der Waals surface area contributed by atoms with Crippen molar-refractivity contribution in [3.05, 3.63) is 192 Å². The van der Waals surface area contributed by atoms with Crippen molar-refractivity contribution in [3.8, 4) is 27.9 Å².